The second-order valence-corrected chi connectivity index (χ2v) is 8.91. The largest absolute Gasteiger partial charge is 0.247 e. The van der Waals surface area contributed by atoms with Crippen molar-refractivity contribution in [1.29, 1.82) is 0 Å². The summed E-state index contributed by atoms with van der Waals surface area (Å²) < 4.78 is 0. The molecule has 154 valence electrons. The molecular weight excluding hydrogens is 386 g/mol. The Balaban J connectivity index is 1.61. The molecule has 2 bridgehead atoms. The Morgan fingerprint density at radius 1 is 0.750 bits per heavy atom. The Morgan fingerprint density at radius 2 is 1.34 bits per heavy atom. The molecule has 1 heteroatoms. The smallest absolute Gasteiger partial charge is 0.0741 e. The third kappa shape index (κ3) is 2.97. The number of hydrogen-bond acceptors (Lipinski definition) is 1. The van der Waals surface area contributed by atoms with E-state index in [1.165, 1.54) is 27.8 Å². The quantitative estimate of drug-likeness (QED) is 0.315. The van der Waals surface area contributed by atoms with Gasteiger partial charge < -0.3 is 0 Å². The SMILES string of the molecule is Cc1c(C23C=CC(C=C2c2ccccc2)C3)cc(-c2ccccc2)nc1-c1ccccc1. The Morgan fingerprint density at radius 3 is 1.97 bits per heavy atom. The van der Waals surface area contributed by atoms with Crippen LogP contribution in [-0.2, 0) is 5.41 Å². The Bertz CT molecular complexity index is 1330. The van der Waals surface area contributed by atoms with E-state index in [0.717, 1.165) is 23.4 Å². The molecule has 2 atom stereocenters. The van der Waals surface area contributed by atoms with Crippen LogP contribution < -0.4 is 0 Å². The van der Waals surface area contributed by atoms with E-state index in [9.17, 15) is 0 Å². The van der Waals surface area contributed by atoms with Crippen molar-refractivity contribution in [2.75, 3.05) is 0 Å². The molecule has 32 heavy (non-hydrogen) atoms. The van der Waals surface area contributed by atoms with E-state index >= 15 is 0 Å². The molecule has 2 aliphatic carbocycles. The number of pyridine rings is 1. The third-order valence-corrected chi connectivity index (χ3v) is 7.00. The van der Waals surface area contributed by atoms with Gasteiger partial charge in [0.25, 0.3) is 0 Å². The predicted octanol–water partition coefficient (Wildman–Crippen LogP) is 7.64. The van der Waals surface area contributed by atoms with Crippen LogP contribution in [0.3, 0.4) is 0 Å². The summed E-state index contributed by atoms with van der Waals surface area (Å²) in [6.07, 6.45) is 8.41. The van der Waals surface area contributed by atoms with Crippen LogP contribution in [0, 0.1) is 12.8 Å². The fourth-order valence-electron chi connectivity index (χ4n) is 5.50. The summed E-state index contributed by atoms with van der Waals surface area (Å²) in [4.78, 5) is 5.18. The van der Waals surface area contributed by atoms with Crippen molar-refractivity contribution in [3.8, 4) is 22.5 Å². The number of aromatic nitrogens is 1. The monoisotopic (exact) mass is 411 g/mol. The number of fused-ring (bicyclic) bond motifs is 2. The van der Waals surface area contributed by atoms with Gasteiger partial charge in [-0.1, -0.05) is 109 Å². The Kier molecular flexibility index (Phi) is 4.43. The summed E-state index contributed by atoms with van der Waals surface area (Å²) in [7, 11) is 0. The van der Waals surface area contributed by atoms with Gasteiger partial charge in [-0.15, -0.1) is 0 Å². The lowest BCUT2D eigenvalue weighted by Crippen LogP contribution is -2.23. The summed E-state index contributed by atoms with van der Waals surface area (Å²) in [5.74, 6) is 0.498. The van der Waals surface area contributed by atoms with Crippen molar-refractivity contribution in [3.05, 3.63) is 132 Å². The highest BCUT2D eigenvalue weighted by molar-refractivity contribution is 5.85. The average molecular weight is 412 g/mol. The minimum absolute atomic E-state index is 0.105. The van der Waals surface area contributed by atoms with E-state index in [0.29, 0.717) is 5.92 Å². The zero-order valence-electron chi connectivity index (χ0n) is 18.2. The maximum Gasteiger partial charge on any atom is 0.0741 e. The first-order valence-corrected chi connectivity index (χ1v) is 11.3. The van der Waals surface area contributed by atoms with E-state index < -0.39 is 0 Å². The molecule has 0 saturated heterocycles. The maximum absolute atomic E-state index is 5.18. The zero-order chi connectivity index (χ0) is 21.5. The van der Waals surface area contributed by atoms with Crippen LogP contribution in [0.4, 0.5) is 0 Å². The van der Waals surface area contributed by atoms with Crippen molar-refractivity contribution in [1.82, 2.24) is 4.98 Å². The molecular formula is C31H25N. The number of nitrogens with zero attached hydrogens (tertiary/aromatic N) is 1. The lowest BCUT2D eigenvalue weighted by molar-refractivity contribution is 0.641. The van der Waals surface area contributed by atoms with Gasteiger partial charge in [0, 0.05) is 16.5 Å². The standard InChI is InChI=1S/C31H25N/c1-22-27(31-18-17-23(21-31)19-28(31)24-11-5-2-6-12-24)20-29(25-13-7-3-8-14-25)32-30(22)26-15-9-4-10-16-26/h2-20,23H,21H2,1H3. The molecule has 1 aromatic heterocycles. The molecule has 0 fully saturated rings. The molecule has 2 aliphatic rings. The van der Waals surface area contributed by atoms with E-state index in [-0.39, 0.29) is 5.41 Å². The average Bonchev–Trinajstić information content (AvgIpc) is 3.46. The summed E-state index contributed by atoms with van der Waals surface area (Å²) in [6, 6.07) is 34.4. The highest BCUT2D eigenvalue weighted by atomic mass is 14.7. The van der Waals surface area contributed by atoms with E-state index in [2.05, 4.69) is 122 Å². The first-order valence-electron chi connectivity index (χ1n) is 11.3. The number of benzene rings is 3. The van der Waals surface area contributed by atoms with E-state index in [4.69, 9.17) is 4.98 Å². The molecule has 0 N–H and O–H groups in total. The van der Waals surface area contributed by atoms with Gasteiger partial charge in [0.15, 0.2) is 0 Å². The molecule has 0 aliphatic heterocycles. The van der Waals surface area contributed by atoms with Crippen LogP contribution in [0.15, 0.2) is 115 Å². The minimum atomic E-state index is -0.105. The highest BCUT2D eigenvalue weighted by Gasteiger charge is 2.45. The highest BCUT2D eigenvalue weighted by Crippen LogP contribution is 2.56. The first kappa shape index (κ1) is 19.0. The molecule has 3 aromatic carbocycles. The van der Waals surface area contributed by atoms with Gasteiger partial charge in [0.1, 0.15) is 0 Å². The predicted molar refractivity (Wildman–Crippen MR) is 133 cm³/mol. The molecule has 4 aromatic rings. The first-order chi connectivity index (χ1) is 15.7. The van der Waals surface area contributed by atoms with Crippen LogP contribution in [0.5, 0.6) is 0 Å². The summed E-state index contributed by atoms with van der Waals surface area (Å²) in [5.41, 5.74) is 9.72. The van der Waals surface area contributed by atoms with Crippen molar-refractivity contribution in [3.63, 3.8) is 0 Å². The lowest BCUT2D eigenvalue weighted by atomic mass is 9.71. The van der Waals surface area contributed by atoms with Gasteiger partial charge in [0.2, 0.25) is 0 Å². The summed E-state index contributed by atoms with van der Waals surface area (Å²) >= 11 is 0. The van der Waals surface area contributed by atoms with E-state index in [1.54, 1.807) is 0 Å². The van der Waals surface area contributed by atoms with Gasteiger partial charge in [-0.05, 0) is 47.6 Å². The normalized spacial score (nSPS) is 21.0. The minimum Gasteiger partial charge on any atom is -0.247 e. The molecule has 2 unspecified atom stereocenters. The van der Waals surface area contributed by atoms with Gasteiger partial charge in [0.05, 0.1) is 11.4 Å². The molecule has 6 rings (SSSR count). The Labute approximate surface area is 189 Å². The summed E-state index contributed by atoms with van der Waals surface area (Å²) in [5, 5.41) is 0. The Hall–Kier alpha value is -3.71. The van der Waals surface area contributed by atoms with Crippen molar-refractivity contribution >= 4 is 5.57 Å². The van der Waals surface area contributed by atoms with Crippen LogP contribution in [0.1, 0.15) is 23.1 Å². The molecule has 1 heterocycles. The topological polar surface area (TPSA) is 12.9 Å². The second kappa shape index (κ2) is 7.46. The van der Waals surface area contributed by atoms with Gasteiger partial charge in [-0.25, -0.2) is 4.98 Å². The van der Waals surface area contributed by atoms with Crippen LogP contribution in [0.2, 0.25) is 0 Å². The second-order valence-electron chi connectivity index (χ2n) is 8.91. The molecule has 0 saturated carbocycles. The van der Waals surface area contributed by atoms with Crippen molar-refractivity contribution < 1.29 is 0 Å². The maximum atomic E-state index is 5.18. The number of hydrogen-bond donors (Lipinski definition) is 0. The molecule has 0 spiro atoms. The van der Waals surface area contributed by atoms with Crippen LogP contribution in [0.25, 0.3) is 28.1 Å². The van der Waals surface area contributed by atoms with E-state index in [1.807, 2.05) is 0 Å². The van der Waals surface area contributed by atoms with Crippen LogP contribution in [-0.4, -0.2) is 4.98 Å². The fraction of sp³-hybridized carbons (Fsp3) is 0.129. The number of rotatable bonds is 4. The van der Waals surface area contributed by atoms with Crippen LogP contribution >= 0.6 is 0 Å². The fourth-order valence-corrected chi connectivity index (χ4v) is 5.50. The van der Waals surface area contributed by atoms with Gasteiger partial charge in [-0.3, -0.25) is 0 Å². The zero-order valence-corrected chi connectivity index (χ0v) is 18.2. The van der Waals surface area contributed by atoms with Crippen molar-refractivity contribution in [2.45, 2.75) is 18.8 Å². The molecule has 0 radical (unpaired) electrons. The van der Waals surface area contributed by atoms with Gasteiger partial charge in [-0.2, -0.15) is 0 Å². The molecule has 1 nitrogen and oxygen atoms in total. The third-order valence-electron chi connectivity index (χ3n) is 7.00. The van der Waals surface area contributed by atoms with Crippen molar-refractivity contribution in [2.24, 2.45) is 5.92 Å². The lowest BCUT2D eigenvalue weighted by Gasteiger charge is -2.32. The van der Waals surface area contributed by atoms with Gasteiger partial charge >= 0.3 is 0 Å². The summed E-state index contributed by atoms with van der Waals surface area (Å²) in [6.45, 7) is 2.25. The number of allylic oxidation sites excluding steroid dienone is 4. The molecule has 0 amide bonds.